The standard InChI is InChI=1S/C5H9NO2.CH3Cl/c1-3-4(2)5(3)6(7)8;1-2/h3-5H,1-2H3;1H3. The molecule has 0 saturated heterocycles. The van der Waals surface area contributed by atoms with Gasteiger partial charge in [-0.1, -0.05) is 13.8 Å². The number of halogens is 1. The Morgan fingerprint density at radius 1 is 1.30 bits per heavy atom. The van der Waals surface area contributed by atoms with Crippen LogP contribution in [0, 0.1) is 22.0 Å². The van der Waals surface area contributed by atoms with E-state index in [2.05, 4.69) is 11.6 Å². The first-order valence-corrected chi connectivity index (χ1v) is 3.91. The Hall–Kier alpha value is -0.310. The molecule has 2 atom stereocenters. The van der Waals surface area contributed by atoms with E-state index in [0.717, 1.165) is 0 Å². The number of alkyl halides is 1. The van der Waals surface area contributed by atoms with E-state index in [4.69, 9.17) is 0 Å². The molecule has 1 fully saturated rings. The molecule has 0 aromatic carbocycles. The molecule has 1 saturated carbocycles. The van der Waals surface area contributed by atoms with Crippen LogP contribution in [0.3, 0.4) is 0 Å². The topological polar surface area (TPSA) is 43.1 Å². The largest absolute Gasteiger partial charge is 0.264 e. The highest BCUT2D eigenvalue weighted by molar-refractivity contribution is 6.15. The molecule has 0 N–H and O–H groups in total. The van der Waals surface area contributed by atoms with Crippen LogP contribution in [0.25, 0.3) is 0 Å². The zero-order chi connectivity index (χ0) is 8.31. The number of rotatable bonds is 1. The monoisotopic (exact) mass is 165 g/mol. The van der Waals surface area contributed by atoms with Crippen LogP contribution in [-0.4, -0.2) is 17.3 Å². The van der Waals surface area contributed by atoms with E-state index in [9.17, 15) is 10.1 Å². The van der Waals surface area contributed by atoms with Crippen molar-refractivity contribution in [2.75, 3.05) is 6.38 Å². The fraction of sp³-hybridized carbons (Fsp3) is 1.00. The van der Waals surface area contributed by atoms with Crippen LogP contribution in [0.5, 0.6) is 0 Å². The van der Waals surface area contributed by atoms with Crippen molar-refractivity contribution in [2.24, 2.45) is 11.8 Å². The third-order valence-corrected chi connectivity index (χ3v) is 2.01. The number of hydrogen-bond acceptors (Lipinski definition) is 2. The quantitative estimate of drug-likeness (QED) is 0.338. The number of nitro groups is 1. The Balaban J connectivity index is 0.000000371. The van der Waals surface area contributed by atoms with Crippen LogP contribution in [0.2, 0.25) is 0 Å². The van der Waals surface area contributed by atoms with Gasteiger partial charge >= 0.3 is 0 Å². The summed E-state index contributed by atoms with van der Waals surface area (Å²) in [5, 5.41) is 9.99. The van der Waals surface area contributed by atoms with Crippen LogP contribution < -0.4 is 0 Å². The molecule has 0 bridgehead atoms. The van der Waals surface area contributed by atoms with Gasteiger partial charge < -0.3 is 0 Å². The summed E-state index contributed by atoms with van der Waals surface area (Å²) in [4.78, 5) is 9.80. The Bertz CT molecular complexity index is 121. The lowest BCUT2D eigenvalue weighted by molar-refractivity contribution is -0.501. The van der Waals surface area contributed by atoms with Crippen molar-refractivity contribution in [1.29, 1.82) is 0 Å². The van der Waals surface area contributed by atoms with Gasteiger partial charge in [0.15, 0.2) is 0 Å². The molecule has 0 radical (unpaired) electrons. The normalized spacial score (nSPS) is 35.8. The van der Waals surface area contributed by atoms with Gasteiger partial charge in [-0.15, -0.1) is 11.6 Å². The Kier molecular flexibility index (Phi) is 3.64. The predicted molar refractivity (Wildman–Crippen MR) is 40.9 cm³/mol. The molecule has 1 aliphatic carbocycles. The fourth-order valence-corrected chi connectivity index (χ4v) is 1.02. The average molecular weight is 166 g/mol. The van der Waals surface area contributed by atoms with Gasteiger partial charge in [-0.3, -0.25) is 10.1 Å². The molecule has 3 nitrogen and oxygen atoms in total. The smallest absolute Gasteiger partial charge is 0.219 e. The molecule has 0 aromatic rings. The second kappa shape index (κ2) is 3.76. The first-order chi connectivity index (χ1) is 4.64. The summed E-state index contributed by atoms with van der Waals surface area (Å²) < 4.78 is 0. The van der Waals surface area contributed by atoms with Gasteiger partial charge in [0.1, 0.15) is 0 Å². The van der Waals surface area contributed by atoms with E-state index >= 15 is 0 Å². The molecule has 0 heterocycles. The second-order valence-electron chi connectivity index (χ2n) is 2.49. The van der Waals surface area contributed by atoms with E-state index in [1.165, 1.54) is 6.38 Å². The Morgan fingerprint density at radius 3 is 1.60 bits per heavy atom. The first kappa shape index (κ1) is 9.69. The average Bonchev–Trinajstić information content (AvgIpc) is 2.46. The molecular weight excluding hydrogens is 154 g/mol. The van der Waals surface area contributed by atoms with Crippen molar-refractivity contribution in [3.63, 3.8) is 0 Å². The lowest BCUT2D eigenvalue weighted by atomic mass is 10.4. The minimum Gasteiger partial charge on any atom is -0.264 e. The molecule has 1 rings (SSSR count). The molecule has 1 aliphatic rings. The van der Waals surface area contributed by atoms with Crippen LogP contribution in [0.4, 0.5) is 0 Å². The van der Waals surface area contributed by atoms with Gasteiger partial charge in [0.05, 0.1) is 0 Å². The van der Waals surface area contributed by atoms with Gasteiger partial charge in [0.25, 0.3) is 0 Å². The highest BCUT2D eigenvalue weighted by Crippen LogP contribution is 2.39. The van der Waals surface area contributed by atoms with Crippen LogP contribution >= 0.6 is 11.6 Å². The van der Waals surface area contributed by atoms with Crippen LogP contribution in [0.15, 0.2) is 0 Å². The third-order valence-electron chi connectivity index (χ3n) is 2.01. The Labute approximate surface area is 65.5 Å². The number of nitrogens with zero attached hydrogens (tertiary/aromatic N) is 1. The summed E-state index contributed by atoms with van der Waals surface area (Å²) in [6.07, 6.45) is 1.47. The maximum absolute atomic E-state index is 9.99. The predicted octanol–water partition coefficient (Wildman–Crippen LogP) is 1.77. The van der Waals surface area contributed by atoms with Crippen molar-refractivity contribution in [1.82, 2.24) is 0 Å². The molecule has 60 valence electrons. The summed E-state index contributed by atoms with van der Waals surface area (Å²) in [5.41, 5.74) is 0. The summed E-state index contributed by atoms with van der Waals surface area (Å²) in [6.45, 7) is 3.83. The highest BCUT2D eigenvalue weighted by atomic mass is 35.5. The van der Waals surface area contributed by atoms with E-state index in [1.54, 1.807) is 0 Å². The molecule has 0 aliphatic heterocycles. The van der Waals surface area contributed by atoms with Crippen LogP contribution in [0.1, 0.15) is 13.8 Å². The maximum atomic E-state index is 9.99. The van der Waals surface area contributed by atoms with Crippen molar-refractivity contribution in [2.45, 2.75) is 19.9 Å². The molecule has 0 aromatic heterocycles. The summed E-state index contributed by atoms with van der Waals surface area (Å²) in [6, 6.07) is -0.241. The lowest BCUT2D eigenvalue weighted by Gasteiger charge is -1.81. The van der Waals surface area contributed by atoms with Gasteiger partial charge in [-0.05, 0) is 0 Å². The summed E-state index contributed by atoms with van der Waals surface area (Å²) >= 11 is 4.64. The van der Waals surface area contributed by atoms with E-state index < -0.39 is 0 Å². The fourth-order valence-electron chi connectivity index (χ4n) is 1.02. The van der Waals surface area contributed by atoms with Gasteiger partial charge in [-0.2, -0.15) is 0 Å². The Morgan fingerprint density at radius 2 is 1.60 bits per heavy atom. The molecule has 4 heteroatoms. The first-order valence-electron chi connectivity index (χ1n) is 3.16. The molecular formula is C6H12ClNO2. The van der Waals surface area contributed by atoms with Crippen molar-refractivity contribution in [3.8, 4) is 0 Å². The van der Waals surface area contributed by atoms with E-state index in [-0.39, 0.29) is 11.0 Å². The molecule has 0 amide bonds. The second-order valence-corrected chi connectivity index (χ2v) is 2.49. The minimum absolute atomic E-state index is 0.185. The van der Waals surface area contributed by atoms with E-state index in [0.29, 0.717) is 11.8 Å². The van der Waals surface area contributed by atoms with Gasteiger partial charge in [0.2, 0.25) is 6.04 Å². The molecule has 0 spiro atoms. The zero-order valence-electron chi connectivity index (χ0n) is 6.37. The van der Waals surface area contributed by atoms with E-state index in [1.807, 2.05) is 13.8 Å². The summed E-state index contributed by atoms with van der Waals surface area (Å²) in [5.74, 6) is 0.620. The van der Waals surface area contributed by atoms with Crippen molar-refractivity contribution >= 4 is 11.6 Å². The summed E-state index contributed by atoms with van der Waals surface area (Å²) in [7, 11) is 0. The van der Waals surface area contributed by atoms with Crippen molar-refractivity contribution in [3.05, 3.63) is 10.1 Å². The molecule has 10 heavy (non-hydrogen) atoms. The minimum atomic E-state index is -0.241. The van der Waals surface area contributed by atoms with Gasteiger partial charge in [0, 0.05) is 23.1 Å². The van der Waals surface area contributed by atoms with Crippen LogP contribution in [-0.2, 0) is 0 Å². The number of hydrogen-bond donors (Lipinski definition) is 0. The third kappa shape index (κ3) is 1.84. The lowest BCUT2D eigenvalue weighted by Crippen LogP contribution is -2.03. The molecule has 2 unspecified atom stereocenters. The maximum Gasteiger partial charge on any atom is 0.219 e. The van der Waals surface area contributed by atoms with Crippen molar-refractivity contribution < 1.29 is 4.92 Å². The highest BCUT2D eigenvalue weighted by Gasteiger charge is 2.53. The van der Waals surface area contributed by atoms with Gasteiger partial charge in [-0.25, -0.2) is 0 Å². The zero-order valence-corrected chi connectivity index (χ0v) is 7.13. The SMILES string of the molecule is CC1C(C)C1[N+](=O)[O-].CCl.